The number of aliphatic carboxylic acids is 1. The number of carboxylic acid groups (broad SMARTS) is 1. The van der Waals surface area contributed by atoms with Crippen molar-refractivity contribution in [2.45, 2.75) is 25.5 Å². The molecule has 2 heterocycles. The largest absolute Gasteiger partial charge is 0.497 e. The minimum absolute atomic E-state index is 0.104. The van der Waals surface area contributed by atoms with Gasteiger partial charge in [-0.2, -0.15) is 0 Å². The van der Waals surface area contributed by atoms with Gasteiger partial charge in [0.15, 0.2) is 0 Å². The Kier molecular flexibility index (Phi) is 7.12. The molecule has 3 aromatic rings. The van der Waals surface area contributed by atoms with E-state index in [0.29, 0.717) is 22.6 Å². The Morgan fingerprint density at radius 1 is 1.08 bits per heavy atom. The molecule has 4 rings (SSSR count). The van der Waals surface area contributed by atoms with Gasteiger partial charge in [0, 0.05) is 17.3 Å². The summed E-state index contributed by atoms with van der Waals surface area (Å²) in [5.74, 6) is -1.38. The highest BCUT2D eigenvalue weighted by molar-refractivity contribution is 6.14. The van der Waals surface area contributed by atoms with Gasteiger partial charge in [0.2, 0.25) is 12.0 Å². The third-order valence-electron chi connectivity index (χ3n) is 6.15. The van der Waals surface area contributed by atoms with Gasteiger partial charge < -0.3 is 19.3 Å². The summed E-state index contributed by atoms with van der Waals surface area (Å²) in [5.41, 5.74) is 0.746. The molecule has 0 spiro atoms. The fourth-order valence-electron chi connectivity index (χ4n) is 4.64. The standard InChI is InChI=1S/C27H27N3O7/c1-16-12-17(2)29-22(13-16)37-24(25(32)33)27(18-8-7-9-19(14-18)35-3)20-10-5-6-11-21(20)30(26(34)36-4)23(31)15-28-27/h5-14,24,28H,15H2,1-4H3,(H,32,33)/t24-,27+/m1/s1. The maximum absolute atomic E-state index is 13.2. The Balaban J connectivity index is 2.04. The number of aryl methyl sites for hydroxylation is 2. The summed E-state index contributed by atoms with van der Waals surface area (Å²) in [5, 5.41) is 13.7. The van der Waals surface area contributed by atoms with Crippen LogP contribution < -0.4 is 19.7 Å². The number of aromatic nitrogens is 1. The van der Waals surface area contributed by atoms with Crippen molar-refractivity contribution in [1.82, 2.24) is 10.3 Å². The molecule has 0 unspecified atom stereocenters. The summed E-state index contributed by atoms with van der Waals surface area (Å²) in [7, 11) is 2.66. The molecular weight excluding hydrogens is 478 g/mol. The Morgan fingerprint density at radius 2 is 1.84 bits per heavy atom. The van der Waals surface area contributed by atoms with E-state index in [-0.39, 0.29) is 11.6 Å². The number of methoxy groups -OCH3 is 2. The highest BCUT2D eigenvalue weighted by Crippen LogP contribution is 2.43. The number of anilines is 1. The molecule has 10 heteroatoms. The smallest absolute Gasteiger partial charge is 0.420 e. The van der Waals surface area contributed by atoms with Crippen molar-refractivity contribution in [3.05, 3.63) is 83.0 Å². The number of hydrogen-bond acceptors (Lipinski definition) is 8. The topological polar surface area (TPSA) is 127 Å². The van der Waals surface area contributed by atoms with Crippen molar-refractivity contribution in [3.8, 4) is 11.6 Å². The number of rotatable bonds is 6. The second kappa shape index (κ2) is 10.3. The third kappa shape index (κ3) is 4.70. The summed E-state index contributed by atoms with van der Waals surface area (Å²) in [6.45, 7) is 3.23. The van der Waals surface area contributed by atoms with E-state index in [9.17, 15) is 19.5 Å². The Morgan fingerprint density at radius 3 is 2.51 bits per heavy atom. The maximum Gasteiger partial charge on any atom is 0.420 e. The summed E-state index contributed by atoms with van der Waals surface area (Å²) < 4.78 is 16.4. The van der Waals surface area contributed by atoms with Crippen molar-refractivity contribution in [2.75, 3.05) is 25.7 Å². The van der Waals surface area contributed by atoms with Crippen LogP contribution in [0.5, 0.6) is 11.6 Å². The molecule has 2 N–H and O–H groups in total. The van der Waals surface area contributed by atoms with E-state index in [1.165, 1.54) is 14.2 Å². The molecule has 37 heavy (non-hydrogen) atoms. The normalized spacial score (nSPS) is 17.8. The van der Waals surface area contributed by atoms with Crippen molar-refractivity contribution in [1.29, 1.82) is 0 Å². The Bertz CT molecular complexity index is 1340. The fraction of sp³-hybridized carbons (Fsp3) is 0.259. The number of pyridine rings is 1. The first-order chi connectivity index (χ1) is 17.7. The van der Waals surface area contributed by atoms with Gasteiger partial charge in [0.05, 0.1) is 26.5 Å². The first kappa shape index (κ1) is 25.6. The zero-order chi connectivity index (χ0) is 26.7. The number of fused-ring (bicyclic) bond motifs is 1. The maximum atomic E-state index is 13.2. The molecule has 1 aliphatic heterocycles. The molecule has 0 bridgehead atoms. The zero-order valence-electron chi connectivity index (χ0n) is 20.8. The van der Waals surface area contributed by atoms with E-state index in [1.807, 2.05) is 13.0 Å². The molecule has 0 radical (unpaired) electrons. The number of hydrogen-bond donors (Lipinski definition) is 2. The number of carbonyl (C=O) groups is 3. The lowest BCUT2D eigenvalue weighted by Gasteiger charge is -2.39. The molecule has 10 nitrogen and oxygen atoms in total. The number of imide groups is 1. The van der Waals surface area contributed by atoms with Gasteiger partial charge in [-0.05, 0) is 49.2 Å². The van der Waals surface area contributed by atoms with E-state index < -0.39 is 36.2 Å². The highest BCUT2D eigenvalue weighted by atomic mass is 16.5. The number of carbonyl (C=O) groups excluding carboxylic acids is 2. The van der Waals surface area contributed by atoms with E-state index >= 15 is 0 Å². The Hall–Kier alpha value is -4.44. The van der Waals surface area contributed by atoms with E-state index in [0.717, 1.165) is 10.5 Å². The number of nitrogens with one attached hydrogen (secondary N) is 1. The van der Waals surface area contributed by atoms with Crippen LogP contribution in [-0.2, 0) is 19.9 Å². The molecule has 0 saturated carbocycles. The number of amides is 2. The second-order valence-corrected chi connectivity index (χ2v) is 8.57. The Labute approximate surface area is 213 Å². The van der Waals surface area contributed by atoms with Crippen LogP contribution in [0.1, 0.15) is 22.4 Å². The van der Waals surface area contributed by atoms with Crippen molar-refractivity contribution in [3.63, 3.8) is 0 Å². The SMILES string of the molecule is COC(=O)N1C(=O)CN[C@](c2cccc(OC)c2)([C@H](Oc2cc(C)cc(C)n2)C(=O)O)c2ccccc21. The molecular formula is C27H27N3O7. The molecule has 0 aliphatic carbocycles. The molecule has 2 aromatic carbocycles. The predicted molar refractivity (Wildman–Crippen MR) is 134 cm³/mol. The number of para-hydroxylation sites is 1. The van der Waals surface area contributed by atoms with Crippen LogP contribution in [0.15, 0.2) is 60.7 Å². The van der Waals surface area contributed by atoms with Crippen molar-refractivity contribution in [2.24, 2.45) is 0 Å². The van der Waals surface area contributed by atoms with Gasteiger partial charge in [0.25, 0.3) is 5.91 Å². The molecule has 1 aromatic heterocycles. The van der Waals surface area contributed by atoms with Crippen LogP contribution >= 0.6 is 0 Å². The molecule has 2 atom stereocenters. The molecule has 192 valence electrons. The summed E-state index contributed by atoms with van der Waals surface area (Å²) in [6, 6.07) is 16.8. The van der Waals surface area contributed by atoms with Gasteiger partial charge in [-0.15, -0.1) is 0 Å². The van der Waals surface area contributed by atoms with Gasteiger partial charge in [-0.1, -0.05) is 30.3 Å². The average molecular weight is 506 g/mol. The number of carboxylic acids is 1. The number of benzene rings is 2. The quantitative estimate of drug-likeness (QED) is 0.519. The molecule has 2 amide bonds. The van der Waals surface area contributed by atoms with Gasteiger partial charge in [-0.3, -0.25) is 10.1 Å². The van der Waals surface area contributed by atoms with Gasteiger partial charge in [0.1, 0.15) is 11.3 Å². The van der Waals surface area contributed by atoms with Crippen LogP contribution in [0.2, 0.25) is 0 Å². The summed E-state index contributed by atoms with van der Waals surface area (Å²) >= 11 is 0. The summed E-state index contributed by atoms with van der Waals surface area (Å²) in [4.78, 5) is 44.1. The molecule has 0 fully saturated rings. The lowest BCUT2D eigenvalue weighted by Crippen LogP contribution is -2.58. The van der Waals surface area contributed by atoms with Crippen LogP contribution in [0.3, 0.4) is 0 Å². The first-order valence-corrected chi connectivity index (χ1v) is 11.5. The summed E-state index contributed by atoms with van der Waals surface area (Å²) in [6.07, 6.45) is -2.52. The van der Waals surface area contributed by atoms with Crippen LogP contribution in [0.25, 0.3) is 0 Å². The lowest BCUT2D eigenvalue weighted by atomic mass is 9.77. The monoisotopic (exact) mass is 505 g/mol. The van der Waals surface area contributed by atoms with Crippen LogP contribution in [-0.4, -0.2) is 54.9 Å². The van der Waals surface area contributed by atoms with Gasteiger partial charge >= 0.3 is 12.1 Å². The van der Waals surface area contributed by atoms with E-state index in [4.69, 9.17) is 14.2 Å². The number of nitrogens with zero attached hydrogens (tertiary/aromatic N) is 2. The second-order valence-electron chi connectivity index (χ2n) is 8.57. The zero-order valence-corrected chi connectivity index (χ0v) is 20.8. The molecule has 1 aliphatic rings. The lowest BCUT2D eigenvalue weighted by molar-refractivity contribution is -0.149. The number of ether oxygens (including phenoxy) is 3. The van der Waals surface area contributed by atoms with Crippen LogP contribution in [0, 0.1) is 13.8 Å². The highest BCUT2D eigenvalue weighted by Gasteiger charge is 2.53. The minimum atomic E-state index is -1.66. The van der Waals surface area contributed by atoms with Gasteiger partial charge in [-0.25, -0.2) is 19.5 Å². The molecule has 0 saturated heterocycles. The van der Waals surface area contributed by atoms with E-state index in [1.54, 1.807) is 61.5 Å². The average Bonchev–Trinajstić information content (AvgIpc) is 3.01. The third-order valence-corrected chi connectivity index (χ3v) is 6.15. The predicted octanol–water partition coefficient (Wildman–Crippen LogP) is 3.19. The van der Waals surface area contributed by atoms with Crippen molar-refractivity contribution >= 4 is 23.7 Å². The van der Waals surface area contributed by atoms with Crippen molar-refractivity contribution < 1.29 is 33.7 Å². The fourth-order valence-corrected chi connectivity index (χ4v) is 4.64. The van der Waals surface area contributed by atoms with E-state index in [2.05, 4.69) is 10.3 Å². The van der Waals surface area contributed by atoms with Crippen LogP contribution in [0.4, 0.5) is 10.5 Å². The minimum Gasteiger partial charge on any atom is -0.497 e. The first-order valence-electron chi connectivity index (χ1n) is 11.5.